The zero-order chi connectivity index (χ0) is 14.5. The fourth-order valence-corrected chi connectivity index (χ4v) is 3.05. The highest BCUT2D eigenvalue weighted by Gasteiger charge is 2.21. The van der Waals surface area contributed by atoms with Crippen molar-refractivity contribution in [1.29, 1.82) is 0 Å². The lowest BCUT2D eigenvalue weighted by Crippen LogP contribution is -2.40. The van der Waals surface area contributed by atoms with Crippen LogP contribution in [0.3, 0.4) is 0 Å². The van der Waals surface area contributed by atoms with E-state index in [1.807, 2.05) is 6.20 Å². The van der Waals surface area contributed by atoms with E-state index in [0.29, 0.717) is 6.54 Å². The molecule has 2 fully saturated rings. The first kappa shape index (κ1) is 14.3. The minimum Gasteiger partial charge on any atom is -0.357 e. The Balaban J connectivity index is 1.50. The van der Waals surface area contributed by atoms with E-state index >= 15 is 0 Å². The molecule has 0 bridgehead atoms. The Kier molecular flexibility index (Phi) is 4.70. The summed E-state index contributed by atoms with van der Waals surface area (Å²) in [6.45, 7) is 3.72. The molecule has 0 aliphatic carbocycles. The molecule has 1 amide bonds. The third kappa shape index (κ3) is 3.73. The molecule has 2 saturated heterocycles. The number of nitrogens with one attached hydrogen (secondary N) is 2. The van der Waals surface area contributed by atoms with Gasteiger partial charge in [-0.1, -0.05) is 6.07 Å². The van der Waals surface area contributed by atoms with Gasteiger partial charge in [0.05, 0.1) is 6.04 Å². The van der Waals surface area contributed by atoms with Gasteiger partial charge in [0.15, 0.2) is 0 Å². The molecule has 2 aliphatic heterocycles. The van der Waals surface area contributed by atoms with Gasteiger partial charge in [0.1, 0.15) is 5.82 Å². The zero-order valence-electron chi connectivity index (χ0n) is 12.5. The van der Waals surface area contributed by atoms with Crippen molar-refractivity contribution < 1.29 is 4.79 Å². The van der Waals surface area contributed by atoms with E-state index < -0.39 is 0 Å². The van der Waals surface area contributed by atoms with Crippen molar-refractivity contribution in [3.8, 4) is 0 Å². The summed E-state index contributed by atoms with van der Waals surface area (Å²) in [4.78, 5) is 18.8. The van der Waals surface area contributed by atoms with Gasteiger partial charge < -0.3 is 15.5 Å². The van der Waals surface area contributed by atoms with Crippen LogP contribution in [0.5, 0.6) is 0 Å². The van der Waals surface area contributed by atoms with E-state index in [-0.39, 0.29) is 11.9 Å². The lowest BCUT2D eigenvalue weighted by Gasteiger charge is -2.27. The SMILES string of the molecule is O=C(NCc1ccc(N2CCCCC2)nc1)C1CCCN1. The summed E-state index contributed by atoms with van der Waals surface area (Å²) in [5.41, 5.74) is 1.06. The number of carbonyl (C=O) groups is 1. The van der Waals surface area contributed by atoms with Crippen LogP contribution in [0.2, 0.25) is 0 Å². The molecule has 5 heteroatoms. The van der Waals surface area contributed by atoms with Gasteiger partial charge in [0, 0.05) is 25.8 Å². The highest BCUT2D eigenvalue weighted by Crippen LogP contribution is 2.17. The first-order valence-corrected chi connectivity index (χ1v) is 8.04. The number of rotatable bonds is 4. The van der Waals surface area contributed by atoms with Crippen LogP contribution in [0.15, 0.2) is 18.3 Å². The molecule has 1 unspecified atom stereocenters. The van der Waals surface area contributed by atoms with Crippen LogP contribution in [0.25, 0.3) is 0 Å². The Morgan fingerprint density at radius 2 is 2.14 bits per heavy atom. The minimum absolute atomic E-state index is 0.00872. The van der Waals surface area contributed by atoms with Gasteiger partial charge in [-0.2, -0.15) is 0 Å². The highest BCUT2D eigenvalue weighted by molar-refractivity contribution is 5.81. The number of nitrogens with zero attached hydrogens (tertiary/aromatic N) is 2. The Bertz CT molecular complexity index is 462. The van der Waals surface area contributed by atoms with Crippen molar-refractivity contribution in [2.75, 3.05) is 24.5 Å². The van der Waals surface area contributed by atoms with E-state index in [1.165, 1.54) is 19.3 Å². The van der Waals surface area contributed by atoms with E-state index in [0.717, 1.165) is 43.9 Å². The third-order valence-electron chi connectivity index (χ3n) is 4.33. The van der Waals surface area contributed by atoms with Gasteiger partial charge in [-0.15, -0.1) is 0 Å². The summed E-state index contributed by atoms with van der Waals surface area (Å²) < 4.78 is 0. The number of amides is 1. The van der Waals surface area contributed by atoms with Gasteiger partial charge in [-0.3, -0.25) is 4.79 Å². The maximum Gasteiger partial charge on any atom is 0.237 e. The largest absolute Gasteiger partial charge is 0.357 e. The maximum atomic E-state index is 11.9. The molecule has 2 N–H and O–H groups in total. The molecule has 0 aromatic carbocycles. The summed E-state index contributed by atoms with van der Waals surface area (Å²) >= 11 is 0. The summed E-state index contributed by atoms with van der Waals surface area (Å²) in [5.74, 6) is 1.16. The summed E-state index contributed by atoms with van der Waals surface area (Å²) in [6.07, 6.45) is 7.76. The molecule has 21 heavy (non-hydrogen) atoms. The topological polar surface area (TPSA) is 57.3 Å². The Labute approximate surface area is 126 Å². The summed E-state index contributed by atoms with van der Waals surface area (Å²) in [5, 5.41) is 6.20. The predicted octanol–water partition coefficient (Wildman–Crippen LogP) is 1.44. The van der Waals surface area contributed by atoms with Crippen LogP contribution in [0.1, 0.15) is 37.7 Å². The number of piperidine rings is 1. The second-order valence-electron chi connectivity index (χ2n) is 5.94. The molecular formula is C16H24N4O. The molecule has 3 rings (SSSR count). The first-order valence-electron chi connectivity index (χ1n) is 8.04. The molecule has 1 aromatic rings. The molecule has 1 aromatic heterocycles. The van der Waals surface area contributed by atoms with Crippen molar-refractivity contribution in [3.05, 3.63) is 23.9 Å². The van der Waals surface area contributed by atoms with Crippen molar-refractivity contribution in [3.63, 3.8) is 0 Å². The van der Waals surface area contributed by atoms with Crippen LogP contribution in [-0.4, -0.2) is 36.6 Å². The molecule has 0 spiro atoms. The number of pyridine rings is 1. The summed E-state index contributed by atoms with van der Waals surface area (Å²) in [7, 11) is 0. The van der Waals surface area contributed by atoms with Crippen LogP contribution in [-0.2, 0) is 11.3 Å². The highest BCUT2D eigenvalue weighted by atomic mass is 16.2. The molecule has 114 valence electrons. The van der Waals surface area contributed by atoms with Gasteiger partial charge in [0.25, 0.3) is 0 Å². The average molecular weight is 288 g/mol. The second-order valence-corrected chi connectivity index (χ2v) is 5.94. The molecule has 3 heterocycles. The van der Waals surface area contributed by atoms with Crippen molar-refractivity contribution in [1.82, 2.24) is 15.6 Å². The Morgan fingerprint density at radius 3 is 2.81 bits per heavy atom. The molecule has 0 radical (unpaired) electrons. The zero-order valence-corrected chi connectivity index (χ0v) is 12.5. The standard InChI is InChI=1S/C16H24N4O/c21-16(14-5-4-8-17-14)19-12-13-6-7-15(18-11-13)20-9-2-1-3-10-20/h6-7,11,14,17H,1-5,8-10,12H2,(H,19,21). The van der Waals surface area contributed by atoms with E-state index in [9.17, 15) is 4.79 Å². The monoisotopic (exact) mass is 288 g/mol. The minimum atomic E-state index is -0.00872. The van der Waals surface area contributed by atoms with Crippen LogP contribution >= 0.6 is 0 Å². The van der Waals surface area contributed by atoms with Crippen molar-refractivity contribution in [2.45, 2.75) is 44.7 Å². The van der Waals surface area contributed by atoms with Crippen molar-refractivity contribution in [2.24, 2.45) is 0 Å². The molecule has 5 nitrogen and oxygen atoms in total. The fourth-order valence-electron chi connectivity index (χ4n) is 3.05. The lowest BCUT2D eigenvalue weighted by molar-refractivity contribution is -0.122. The number of anilines is 1. The Morgan fingerprint density at radius 1 is 1.29 bits per heavy atom. The summed E-state index contributed by atoms with van der Waals surface area (Å²) in [6, 6.07) is 4.13. The van der Waals surface area contributed by atoms with Gasteiger partial charge in [-0.25, -0.2) is 4.98 Å². The normalized spacial score (nSPS) is 22.3. The molecule has 0 saturated carbocycles. The molecule has 1 atom stereocenters. The lowest BCUT2D eigenvalue weighted by atomic mass is 10.1. The van der Waals surface area contributed by atoms with Gasteiger partial charge in [0.2, 0.25) is 5.91 Å². The number of hydrogen-bond acceptors (Lipinski definition) is 4. The number of aromatic nitrogens is 1. The second kappa shape index (κ2) is 6.89. The van der Waals surface area contributed by atoms with E-state index in [4.69, 9.17) is 0 Å². The van der Waals surface area contributed by atoms with Crippen LogP contribution in [0, 0.1) is 0 Å². The van der Waals surface area contributed by atoms with Gasteiger partial charge in [-0.05, 0) is 50.3 Å². The quantitative estimate of drug-likeness (QED) is 0.880. The van der Waals surface area contributed by atoms with Crippen LogP contribution in [0.4, 0.5) is 5.82 Å². The third-order valence-corrected chi connectivity index (χ3v) is 4.33. The smallest absolute Gasteiger partial charge is 0.237 e. The van der Waals surface area contributed by atoms with E-state index in [2.05, 4.69) is 32.7 Å². The first-order chi connectivity index (χ1) is 10.3. The van der Waals surface area contributed by atoms with E-state index in [1.54, 1.807) is 0 Å². The molecule has 2 aliphatic rings. The fraction of sp³-hybridized carbons (Fsp3) is 0.625. The average Bonchev–Trinajstić information content (AvgIpc) is 3.08. The Hall–Kier alpha value is -1.62. The van der Waals surface area contributed by atoms with Crippen molar-refractivity contribution >= 4 is 11.7 Å². The number of hydrogen-bond donors (Lipinski definition) is 2. The van der Waals surface area contributed by atoms with Gasteiger partial charge >= 0.3 is 0 Å². The predicted molar refractivity (Wildman–Crippen MR) is 83.2 cm³/mol. The number of carbonyl (C=O) groups excluding carboxylic acids is 1. The molecular weight excluding hydrogens is 264 g/mol. The maximum absolute atomic E-state index is 11.9. The van der Waals surface area contributed by atoms with Crippen LogP contribution < -0.4 is 15.5 Å².